The third-order valence-electron chi connectivity index (χ3n) is 3.11. The second-order valence-electron chi connectivity index (χ2n) is 4.99. The molecule has 3 nitrogen and oxygen atoms in total. The average molecular weight is 270 g/mol. The summed E-state index contributed by atoms with van der Waals surface area (Å²) in [6.07, 6.45) is 4.45. The van der Waals surface area contributed by atoms with Gasteiger partial charge in [-0.2, -0.15) is 10.2 Å². The number of benzene rings is 1. The number of hydrogen-bond acceptors (Lipinski definition) is 3. The van der Waals surface area contributed by atoms with Gasteiger partial charge >= 0.3 is 0 Å². The summed E-state index contributed by atoms with van der Waals surface area (Å²) in [5.41, 5.74) is 4.91. The Balaban J connectivity index is 2.72. The van der Waals surface area contributed by atoms with Gasteiger partial charge in [-0.05, 0) is 41.8 Å². The molecule has 1 aromatic carbocycles. The van der Waals surface area contributed by atoms with Gasteiger partial charge in [-0.1, -0.05) is 27.4 Å². The molecule has 0 aliphatic rings. The van der Waals surface area contributed by atoms with E-state index >= 15 is 0 Å². The van der Waals surface area contributed by atoms with Crippen LogP contribution in [0.3, 0.4) is 0 Å². The second-order valence-corrected chi connectivity index (χ2v) is 4.99. The molecule has 1 rings (SSSR count). The molecular formula is C17H22N2O. The maximum absolute atomic E-state index is 5.10. The van der Waals surface area contributed by atoms with Crippen molar-refractivity contribution in [2.75, 3.05) is 7.11 Å². The first kappa shape index (κ1) is 15.9. The standard InChI is InChI=1S/C17H22N2O/c1-6-15(7-2)17(3,4)13-19-18-12-14-8-10-16(20-5)11-9-14/h8-13H,1,7H2,2-5H3/b18-12+,19-13+. The number of methoxy groups -OCH3 is 1. The molecule has 0 atom stereocenters. The van der Waals surface area contributed by atoms with E-state index in [0.717, 1.165) is 23.3 Å². The van der Waals surface area contributed by atoms with E-state index in [1.807, 2.05) is 30.5 Å². The van der Waals surface area contributed by atoms with Crippen molar-refractivity contribution in [3.8, 4) is 5.75 Å². The van der Waals surface area contributed by atoms with Crippen molar-refractivity contribution >= 4 is 12.4 Å². The molecule has 0 unspecified atom stereocenters. The normalized spacial score (nSPS) is 11.8. The van der Waals surface area contributed by atoms with Crippen LogP contribution in [0.15, 0.2) is 52.4 Å². The first-order valence-corrected chi connectivity index (χ1v) is 6.64. The van der Waals surface area contributed by atoms with Crippen LogP contribution in [0.1, 0.15) is 32.8 Å². The summed E-state index contributed by atoms with van der Waals surface area (Å²) >= 11 is 0. The Morgan fingerprint density at radius 2 is 1.95 bits per heavy atom. The molecule has 0 saturated carbocycles. The van der Waals surface area contributed by atoms with Crippen molar-refractivity contribution in [1.29, 1.82) is 0 Å². The molecule has 0 heterocycles. The Kier molecular flexibility index (Phi) is 5.95. The fraction of sp³-hybridized carbons (Fsp3) is 0.353. The second kappa shape index (κ2) is 7.46. The molecule has 0 aliphatic heterocycles. The number of ether oxygens (including phenoxy) is 1. The molecule has 1 aromatic rings. The minimum atomic E-state index is -0.173. The zero-order valence-corrected chi connectivity index (χ0v) is 12.7. The van der Waals surface area contributed by atoms with E-state index in [0.29, 0.717) is 0 Å². The van der Waals surface area contributed by atoms with E-state index in [2.05, 4.69) is 43.3 Å². The molecule has 0 fully saturated rings. The van der Waals surface area contributed by atoms with E-state index in [9.17, 15) is 0 Å². The van der Waals surface area contributed by atoms with Gasteiger partial charge in [0, 0.05) is 11.6 Å². The quantitative estimate of drug-likeness (QED) is 0.432. The van der Waals surface area contributed by atoms with Gasteiger partial charge in [0.15, 0.2) is 0 Å². The first-order valence-electron chi connectivity index (χ1n) is 6.64. The molecule has 106 valence electrons. The van der Waals surface area contributed by atoms with Crippen LogP contribution in [0, 0.1) is 5.41 Å². The number of rotatable bonds is 6. The van der Waals surface area contributed by atoms with Gasteiger partial charge in [0.2, 0.25) is 0 Å². The van der Waals surface area contributed by atoms with Gasteiger partial charge in [-0.15, -0.1) is 5.73 Å². The van der Waals surface area contributed by atoms with Crippen LogP contribution >= 0.6 is 0 Å². The number of hydrogen-bond donors (Lipinski definition) is 0. The van der Waals surface area contributed by atoms with Gasteiger partial charge in [0.25, 0.3) is 0 Å². The van der Waals surface area contributed by atoms with Crippen LogP contribution < -0.4 is 4.74 Å². The minimum Gasteiger partial charge on any atom is -0.497 e. The Bertz CT molecular complexity index is 533. The third kappa shape index (κ3) is 4.52. The lowest BCUT2D eigenvalue weighted by Gasteiger charge is -2.19. The van der Waals surface area contributed by atoms with Crippen molar-refractivity contribution < 1.29 is 4.74 Å². The Hall–Kier alpha value is -2.12. The highest BCUT2D eigenvalue weighted by molar-refractivity contribution is 5.80. The summed E-state index contributed by atoms with van der Waals surface area (Å²) in [5.74, 6) is 0.829. The molecule has 3 heteroatoms. The zero-order chi connectivity index (χ0) is 15.0. The SMILES string of the molecule is C=C=C(CC)C(C)(C)/C=N/N=C/c1ccc(OC)cc1. The molecule has 0 radical (unpaired) electrons. The molecule has 0 bridgehead atoms. The fourth-order valence-electron chi connectivity index (χ4n) is 1.85. The lowest BCUT2D eigenvalue weighted by molar-refractivity contribution is 0.415. The molecule has 0 aromatic heterocycles. The molecule has 0 aliphatic carbocycles. The van der Waals surface area contributed by atoms with E-state index in [-0.39, 0.29) is 5.41 Å². The maximum Gasteiger partial charge on any atom is 0.118 e. The van der Waals surface area contributed by atoms with Gasteiger partial charge in [-0.25, -0.2) is 0 Å². The summed E-state index contributed by atoms with van der Waals surface area (Å²) < 4.78 is 5.10. The fourth-order valence-corrected chi connectivity index (χ4v) is 1.85. The largest absolute Gasteiger partial charge is 0.497 e. The molecule has 0 N–H and O–H groups in total. The highest BCUT2D eigenvalue weighted by Gasteiger charge is 2.19. The topological polar surface area (TPSA) is 34.0 Å². The summed E-state index contributed by atoms with van der Waals surface area (Å²) in [7, 11) is 1.65. The van der Waals surface area contributed by atoms with Gasteiger partial charge in [0.05, 0.1) is 13.3 Å². The lowest BCUT2D eigenvalue weighted by Crippen LogP contribution is -2.15. The van der Waals surface area contributed by atoms with Crippen molar-refractivity contribution in [1.82, 2.24) is 0 Å². The maximum atomic E-state index is 5.10. The number of nitrogens with zero attached hydrogens (tertiary/aromatic N) is 2. The molecule has 0 saturated heterocycles. The van der Waals surface area contributed by atoms with Crippen molar-refractivity contribution in [2.45, 2.75) is 27.2 Å². The van der Waals surface area contributed by atoms with Crippen LogP contribution in [-0.4, -0.2) is 19.5 Å². The van der Waals surface area contributed by atoms with Gasteiger partial charge < -0.3 is 4.74 Å². The summed E-state index contributed by atoms with van der Waals surface area (Å²) in [5, 5.41) is 8.20. The zero-order valence-electron chi connectivity index (χ0n) is 12.7. The van der Waals surface area contributed by atoms with Crippen molar-refractivity contribution in [2.24, 2.45) is 15.6 Å². The van der Waals surface area contributed by atoms with Crippen LogP contribution in [0.5, 0.6) is 5.75 Å². The predicted molar refractivity (Wildman–Crippen MR) is 85.8 cm³/mol. The third-order valence-corrected chi connectivity index (χ3v) is 3.11. The molecule has 20 heavy (non-hydrogen) atoms. The van der Waals surface area contributed by atoms with Crippen LogP contribution in [0.4, 0.5) is 0 Å². The highest BCUT2D eigenvalue weighted by Crippen LogP contribution is 2.25. The minimum absolute atomic E-state index is 0.173. The van der Waals surface area contributed by atoms with Crippen LogP contribution in [-0.2, 0) is 0 Å². The monoisotopic (exact) mass is 270 g/mol. The van der Waals surface area contributed by atoms with Crippen molar-refractivity contribution in [3.63, 3.8) is 0 Å². The van der Waals surface area contributed by atoms with E-state index in [1.165, 1.54) is 0 Å². The van der Waals surface area contributed by atoms with Crippen molar-refractivity contribution in [3.05, 3.63) is 47.7 Å². The smallest absolute Gasteiger partial charge is 0.118 e. The Morgan fingerprint density at radius 3 is 2.45 bits per heavy atom. The lowest BCUT2D eigenvalue weighted by atomic mass is 9.84. The van der Waals surface area contributed by atoms with E-state index in [1.54, 1.807) is 13.3 Å². The van der Waals surface area contributed by atoms with Crippen LogP contribution in [0.25, 0.3) is 0 Å². The van der Waals surface area contributed by atoms with Crippen LogP contribution in [0.2, 0.25) is 0 Å². The highest BCUT2D eigenvalue weighted by atomic mass is 16.5. The first-order chi connectivity index (χ1) is 9.53. The summed E-state index contributed by atoms with van der Waals surface area (Å²) in [6.45, 7) is 9.96. The predicted octanol–water partition coefficient (Wildman–Crippen LogP) is 4.25. The average Bonchev–Trinajstić information content (AvgIpc) is 2.45. The van der Waals surface area contributed by atoms with Gasteiger partial charge in [-0.3, -0.25) is 0 Å². The molecular weight excluding hydrogens is 248 g/mol. The summed E-state index contributed by atoms with van der Waals surface area (Å²) in [6, 6.07) is 7.66. The Labute approximate surface area is 121 Å². The Morgan fingerprint density at radius 1 is 1.30 bits per heavy atom. The number of allylic oxidation sites excluding steroid dienone is 1. The van der Waals surface area contributed by atoms with Gasteiger partial charge in [0.1, 0.15) is 5.75 Å². The molecule has 0 spiro atoms. The van der Waals surface area contributed by atoms with E-state index in [4.69, 9.17) is 4.74 Å². The summed E-state index contributed by atoms with van der Waals surface area (Å²) in [4.78, 5) is 0. The van der Waals surface area contributed by atoms with E-state index < -0.39 is 0 Å². The molecule has 0 amide bonds.